The Labute approximate surface area is 125 Å². The minimum atomic E-state index is 0.0467. The van der Waals surface area contributed by atoms with Crippen LogP contribution < -0.4 is 5.56 Å². The van der Waals surface area contributed by atoms with Gasteiger partial charge in [-0.05, 0) is 32.3 Å². The summed E-state index contributed by atoms with van der Waals surface area (Å²) in [5.41, 5.74) is 2.17. The highest BCUT2D eigenvalue weighted by atomic mass is 32.1. The molecule has 0 bridgehead atoms. The minimum absolute atomic E-state index is 0.0467. The predicted molar refractivity (Wildman–Crippen MR) is 83.0 cm³/mol. The first-order valence-corrected chi connectivity index (χ1v) is 7.92. The lowest BCUT2D eigenvalue weighted by atomic mass is 10.2. The number of imidazole rings is 1. The molecular formula is C15H16N4OS. The van der Waals surface area contributed by atoms with Crippen molar-refractivity contribution in [3.05, 3.63) is 45.3 Å². The topological polar surface area (TPSA) is 52.7 Å². The first-order valence-electron chi connectivity index (χ1n) is 7.11. The van der Waals surface area contributed by atoms with Gasteiger partial charge in [-0.15, -0.1) is 11.3 Å². The van der Waals surface area contributed by atoms with Gasteiger partial charge in [0.15, 0.2) is 0 Å². The van der Waals surface area contributed by atoms with Crippen LogP contribution in [0.1, 0.15) is 35.0 Å². The summed E-state index contributed by atoms with van der Waals surface area (Å²) in [5, 5.41) is 0.762. The fourth-order valence-electron chi connectivity index (χ4n) is 2.69. The van der Waals surface area contributed by atoms with E-state index in [1.54, 1.807) is 22.2 Å². The van der Waals surface area contributed by atoms with Gasteiger partial charge in [0.25, 0.3) is 5.56 Å². The zero-order valence-corrected chi connectivity index (χ0v) is 12.9. The van der Waals surface area contributed by atoms with E-state index >= 15 is 0 Å². The Balaban J connectivity index is 1.80. The molecule has 1 fully saturated rings. The molecule has 0 aromatic carbocycles. The summed E-state index contributed by atoms with van der Waals surface area (Å²) >= 11 is 1.59. The largest absolute Gasteiger partial charge is 0.330 e. The fraction of sp³-hybridized carbons (Fsp3) is 0.400. The van der Waals surface area contributed by atoms with Crippen LogP contribution in [0.4, 0.5) is 0 Å². The van der Waals surface area contributed by atoms with E-state index in [2.05, 4.69) is 14.5 Å². The second-order valence-corrected chi connectivity index (χ2v) is 6.87. The summed E-state index contributed by atoms with van der Waals surface area (Å²) in [6.07, 6.45) is 7.78. The maximum Gasteiger partial charge on any atom is 0.262 e. The summed E-state index contributed by atoms with van der Waals surface area (Å²) in [6, 6.07) is 0.569. The Hall–Kier alpha value is -1.95. The number of thiophene rings is 1. The molecule has 1 aliphatic carbocycles. The van der Waals surface area contributed by atoms with Crippen molar-refractivity contribution >= 4 is 21.6 Å². The van der Waals surface area contributed by atoms with Crippen molar-refractivity contribution in [2.24, 2.45) is 0 Å². The molecule has 0 radical (unpaired) electrons. The number of hydrogen-bond donors (Lipinski definition) is 0. The Kier molecular flexibility index (Phi) is 2.75. The average molecular weight is 300 g/mol. The molecule has 5 nitrogen and oxygen atoms in total. The van der Waals surface area contributed by atoms with E-state index in [1.807, 2.05) is 26.4 Å². The van der Waals surface area contributed by atoms with Crippen LogP contribution in [0.25, 0.3) is 10.2 Å². The van der Waals surface area contributed by atoms with Crippen molar-refractivity contribution < 1.29 is 0 Å². The summed E-state index contributed by atoms with van der Waals surface area (Å²) in [7, 11) is 0. The highest BCUT2D eigenvalue weighted by Gasteiger charge is 2.25. The molecule has 0 saturated heterocycles. The van der Waals surface area contributed by atoms with Gasteiger partial charge in [-0.25, -0.2) is 9.97 Å². The number of rotatable bonds is 3. The second-order valence-electron chi connectivity index (χ2n) is 5.66. The Morgan fingerprint density at radius 2 is 2.14 bits per heavy atom. The van der Waals surface area contributed by atoms with Gasteiger partial charge in [-0.3, -0.25) is 9.36 Å². The van der Waals surface area contributed by atoms with Crippen LogP contribution >= 0.6 is 11.3 Å². The molecule has 21 heavy (non-hydrogen) atoms. The van der Waals surface area contributed by atoms with Gasteiger partial charge >= 0.3 is 0 Å². The molecule has 3 aromatic heterocycles. The molecule has 0 spiro atoms. The summed E-state index contributed by atoms with van der Waals surface area (Å²) in [4.78, 5) is 23.4. The molecule has 0 amide bonds. The molecule has 0 aliphatic heterocycles. The van der Waals surface area contributed by atoms with E-state index in [1.165, 1.54) is 12.8 Å². The lowest BCUT2D eigenvalue weighted by molar-refractivity contribution is 0.642. The number of aromatic nitrogens is 4. The number of fused-ring (bicyclic) bond motifs is 1. The SMILES string of the molecule is Cc1sc2ncn(Cc3cncn3C3CC3)c(=O)c2c1C. The van der Waals surface area contributed by atoms with Crippen molar-refractivity contribution in [2.75, 3.05) is 0 Å². The van der Waals surface area contributed by atoms with E-state index in [-0.39, 0.29) is 5.56 Å². The Bertz CT molecular complexity index is 885. The van der Waals surface area contributed by atoms with Crippen LogP contribution in [0, 0.1) is 13.8 Å². The maximum atomic E-state index is 12.7. The summed E-state index contributed by atoms with van der Waals surface area (Å²) in [6.45, 7) is 4.57. The molecule has 1 saturated carbocycles. The van der Waals surface area contributed by atoms with Crippen LogP contribution in [0.15, 0.2) is 23.6 Å². The lowest BCUT2D eigenvalue weighted by Gasteiger charge is -2.08. The molecule has 3 aromatic rings. The first-order chi connectivity index (χ1) is 10.1. The fourth-order valence-corrected chi connectivity index (χ4v) is 3.68. The summed E-state index contributed by atoms with van der Waals surface area (Å²) in [5.74, 6) is 0. The van der Waals surface area contributed by atoms with E-state index < -0.39 is 0 Å². The summed E-state index contributed by atoms with van der Waals surface area (Å²) < 4.78 is 3.87. The third kappa shape index (κ3) is 2.01. The zero-order chi connectivity index (χ0) is 14.6. The first kappa shape index (κ1) is 12.8. The predicted octanol–water partition coefficient (Wildman–Crippen LogP) is 2.65. The van der Waals surface area contributed by atoms with Crippen LogP contribution in [-0.2, 0) is 6.54 Å². The van der Waals surface area contributed by atoms with Crippen molar-refractivity contribution in [1.82, 2.24) is 19.1 Å². The standard InChI is InChI=1S/C15H16N4OS/c1-9-10(2)21-14-13(9)15(20)18(8-17-14)6-12-5-16-7-19(12)11-3-4-11/h5,7-8,11H,3-4,6H2,1-2H3. The molecule has 6 heteroatoms. The van der Waals surface area contributed by atoms with Crippen LogP contribution in [0.2, 0.25) is 0 Å². The molecule has 1 aliphatic rings. The highest BCUT2D eigenvalue weighted by Crippen LogP contribution is 2.35. The smallest absolute Gasteiger partial charge is 0.262 e. The molecule has 0 atom stereocenters. The Morgan fingerprint density at radius 3 is 2.90 bits per heavy atom. The zero-order valence-electron chi connectivity index (χ0n) is 12.0. The van der Waals surface area contributed by atoms with E-state index in [0.717, 1.165) is 26.4 Å². The number of nitrogens with zero attached hydrogens (tertiary/aromatic N) is 4. The van der Waals surface area contributed by atoms with E-state index in [4.69, 9.17) is 0 Å². The maximum absolute atomic E-state index is 12.7. The third-order valence-electron chi connectivity index (χ3n) is 4.17. The average Bonchev–Trinajstić information content (AvgIpc) is 3.13. The van der Waals surface area contributed by atoms with Crippen LogP contribution in [0.5, 0.6) is 0 Å². The molecule has 4 rings (SSSR count). The normalized spacial score (nSPS) is 15.0. The van der Waals surface area contributed by atoms with Gasteiger partial charge in [0.1, 0.15) is 4.83 Å². The quantitative estimate of drug-likeness (QED) is 0.747. The third-order valence-corrected chi connectivity index (χ3v) is 5.29. The minimum Gasteiger partial charge on any atom is -0.330 e. The molecule has 0 N–H and O–H groups in total. The van der Waals surface area contributed by atoms with Crippen molar-refractivity contribution in [2.45, 2.75) is 39.3 Å². The Morgan fingerprint density at radius 1 is 1.33 bits per heavy atom. The van der Waals surface area contributed by atoms with Gasteiger partial charge in [0.2, 0.25) is 0 Å². The van der Waals surface area contributed by atoms with E-state index in [0.29, 0.717) is 12.6 Å². The van der Waals surface area contributed by atoms with E-state index in [9.17, 15) is 4.79 Å². The van der Waals surface area contributed by atoms with Gasteiger partial charge in [-0.2, -0.15) is 0 Å². The van der Waals surface area contributed by atoms with Gasteiger partial charge in [0, 0.05) is 17.1 Å². The van der Waals surface area contributed by atoms with Gasteiger partial charge in [0.05, 0.1) is 30.3 Å². The van der Waals surface area contributed by atoms with Gasteiger partial charge in [-0.1, -0.05) is 0 Å². The van der Waals surface area contributed by atoms with Crippen molar-refractivity contribution in [1.29, 1.82) is 0 Å². The molecule has 3 heterocycles. The number of aryl methyl sites for hydroxylation is 2. The highest BCUT2D eigenvalue weighted by molar-refractivity contribution is 7.18. The molecule has 0 unspecified atom stereocenters. The van der Waals surface area contributed by atoms with Crippen LogP contribution in [-0.4, -0.2) is 19.1 Å². The van der Waals surface area contributed by atoms with Crippen molar-refractivity contribution in [3.8, 4) is 0 Å². The lowest BCUT2D eigenvalue weighted by Crippen LogP contribution is -2.22. The number of hydrogen-bond acceptors (Lipinski definition) is 4. The molecule has 108 valence electrons. The van der Waals surface area contributed by atoms with Gasteiger partial charge < -0.3 is 4.57 Å². The second kappa shape index (κ2) is 4.53. The monoisotopic (exact) mass is 300 g/mol. The molecular weight excluding hydrogens is 284 g/mol. The van der Waals surface area contributed by atoms with Crippen LogP contribution in [0.3, 0.4) is 0 Å². The van der Waals surface area contributed by atoms with Crippen molar-refractivity contribution in [3.63, 3.8) is 0 Å².